The largest absolute Gasteiger partial charge is 0.326 e. The Hall–Kier alpha value is -1.77. The third-order valence-corrected chi connectivity index (χ3v) is 4.07. The van der Waals surface area contributed by atoms with Crippen molar-refractivity contribution < 1.29 is 8.42 Å². The summed E-state index contributed by atoms with van der Waals surface area (Å²) in [5.74, 6) is 0.640. The van der Waals surface area contributed by atoms with Gasteiger partial charge in [0, 0.05) is 19.5 Å². The van der Waals surface area contributed by atoms with Crippen molar-refractivity contribution in [3.63, 3.8) is 0 Å². The normalized spacial score (nSPS) is 11.6. The molecule has 4 N–H and O–H groups in total. The summed E-state index contributed by atoms with van der Waals surface area (Å²) in [5.41, 5.74) is 6.35. The lowest BCUT2D eigenvalue weighted by atomic mass is 10.2. The highest BCUT2D eigenvalue weighted by molar-refractivity contribution is 7.89. The molecule has 1 heterocycles. The fraction of sp³-hybridized carbons (Fsp3) is 0.273. The van der Waals surface area contributed by atoms with Gasteiger partial charge in [-0.3, -0.25) is 5.10 Å². The Morgan fingerprint density at radius 3 is 2.58 bits per heavy atom. The van der Waals surface area contributed by atoms with Crippen LogP contribution in [0.15, 0.2) is 35.5 Å². The van der Waals surface area contributed by atoms with E-state index in [1.807, 2.05) is 0 Å². The Morgan fingerprint density at radius 1 is 1.26 bits per heavy atom. The summed E-state index contributed by atoms with van der Waals surface area (Å²) in [6.07, 6.45) is 1.84. The fourth-order valence-corrected chi connectivity index (χ4v) is 2.57. The van der Waals surface area contributed by atoms with Gasteiger partial charge in [-0.25, -0.2) is 18.1 Å². The van der Waals surface area contributed by atoms with Crippen LogP contribution in [0.4, 0.5) is 0 Å². The van der Waals surface area contributed by atoms with E-state index in [0.717, 1.165) is 5.56 Å². The standard InChI is InChI=1S/C11H15N5O2S/c12-7-9-1-3-10(4-2-9)19(17,18)15-6-5-11-13-8-14-16-11/h1-4,8,15H,5-7,12H2,(H,13,14,16). The van der Waals surface area contributed by atoms with Gasteiger partial charge in [0.1, 0.15) is 12.2 Å². The van der Waals surface area contributed by atoms with Crippen LogP contribution in [-0.2, 0) is 23.0 Å². The molecule has 0 unspecified atom stereocenters. The Balaban J connectivity index is 1.97. The van der Waals surface area contributed by atoms with Gasteiger partial charge in [0.2, 0.25) is 10.0 Å². The zero-order chi connectivity index (χ0) is 13.7. The van der Waals surface area contributed by atoms with Crippen LogP contribution in [0.25, 0.3) is 0 Å². The Morgan fingerprint density at radius 2 is 2.00 bits per heavy atom. The second-order valence-electron chi connectivity index (χ2n) is 3.93. The van der Waals surface area contributed by atoms with Gasteiger partial charge in [-0.1, -0.05) is 12.1 Å². The van der Waals surface area contributed by atoms with E-state index in [1.165, 1.54) is 6.33 Å². The molecule has 0 radical (unpaired) electrons. The molecule has 2 rings (SSSR count). The molecule has 0 atom stereocenters. The van der Waals surface area contributed by atoms with Crippen molar-refractivity contribution in [3.8, 4) is 0 Å². The summed E-state index contributed by atoms with van der Waals surface area (Å²) < 4.78 is 26.4. The van der Waals surface area contributed by atoms with Crippen molar-refractivity contribution in [1.82, 2.24) is 19.9 Å². The second-order valence-corrected chi connectivity index (χ2v) is 5.69. The van der Waals surface area contributed by atoms with Crippen molar-refractivity contribution >= 4 is 10.0 Å². The molecule has 1 aromatic carbocycles. The van der Waals surface area contributed by atoms with Crippen molar-refractivity contribution in [2.75, 3.05) is 6.54 Å². The SMILES string of the molecule is NCc1ccc(S(=O)(=O)NCCc2ncn[nH]2)cc1. The number of benzene rings is 1. The first kappa shape index (κ1) is 13.7. The molecule has 0 saturated heterocycles. The minimum absolute atomic E-state index is 0.224. The van der Waals surface area contributed by atoms with Crippen LogP contribution in [0.2, 0.25) is 0 Å². The molecule has 1 aromatic heterocycles. The number of aromatic nitrogens is 3. The number of H-pyrrole nitrogens is 1. The van der Waals surface area contributed by atoms with Crippen LogP contribution in [0, 0.1) is 0 Å². The Labute approximate surface area is 111 Å². The lowest BCUT2D eigenvalue weighted by Crippen LogP contribution is -2.26. The smallest absolute Gasteiger partial charge is 0.240 e. The zero-order valence-electron chi connectivity index (χ0n) is 10.2. The first-order chi connectivity index (χ1) is 9.12. The molecular weight excluding hydrogens is 266 g/mol. The highest BCUT2D eigenvalue weighted by Gasteiger charge is 2.13. The molecule has 0 bridgehead atoms. The van der Waals surface area contributed by atoms with Crippen LogP contribution >= 0.6 is 0 Å². The van der Waals surface area contributed by atoms with Crippen molar-refractivity contribution in [2.24, 2.45) is 5.73 Å². The predicted molar refractivity (Wildman–Crippen MR) is 69.6 cm³/mol. The molecule has 0 aliphatic carbocycles. The lowest BCUT2D eigenvalue weighted by Gasteiger charge is -2.06. The number of rotatable bonds is 6. The van der Waals surface area contributed by atoms with Crippen molar-refractivity contribution in [1.29, 1.82) is 0 Å². The van der Waals surface area contributed by atoms with Gasteiger partial charge in [-0.2, -0.15) is 5.10 Å². The van der Waals surface area contributed by atoms with Crippen LogP contribution in [-0.4, -0.2) is 30.1 Å². The van der Waals surface area contributed by atoms with E-state index in [4.69, 9.17) is 5.73 Å². The van der Waals surface area contributed by atoms with Gasteiger partial charge < -0.3 is 5.73 Å². The van der Waals surface area contributed by atoms with Crippen LogP contribution in [0.3, 0.4) is 0 Å². The number of hydrogen-bond acceptors (Lipinski definition) is 5. The summed E-state index contributed by atoms with van der Waals surface area (Å²) in [4.78, 5) is 4.14. The van der Waals surface area contributed by atoms with Gasteiger partial charge >= 0.3 is 0 Å². The van der Waals surface area contributed by atoms with E-state index in [9.17, 15) is 8.42 Å². The molecule has 0 aliphatic heterocycles. The highest BCUT2D eigenvalue weighted by atomic mass is 32.2. The Bertz CT molecular complexity index is 607. The lowest BCUT2D eigenvalue weighted by molar-refractivity contribution is 0.581. The van der Waals surface area contributed by atoms with E-state index in [0.29, 0.717) is 18.8 Å². The first-order valence-electron chi connectivity index (χ1n) is 5.75. The maximum atomic E-state index is 12.0. The van der Waals surface area contributed by atoms with Crippen LogP contribution < -0.4 is 10.5 Å². The van der Waals surface area contributed by atoms with Crippen LogP contribution in [0.1, 0.15) is 11.4 Å². The molecule has 0 amide bonds. The van der Waals surface area contributed by atoms with E-state index < -0.39 is 10.0 Å². The molecule has 19 heavy (non-hydrogen) atoms. The third kappa shape index (κ3) is 3.60. The second kappa shape index (κ2) is 5.91. The number of hydrogen-bond donors (Lipinski definition) is 3. The summed E-state index contributed by atoms with van der Waals surface area (Å²) >= 11 is 0. The average Bonchev–Trinajstić information content (AvgIpc) is 2.92. The number of aromatic amines is 1. The number of nitrogens with one attached hydrogen (secondary N) is 2. The van der Waals surface area contributed by atoms with E-state index in [2.05, 4.69) is 19.9 Å². The molecule has 7 nitrogen and oxygen atoms in total. The van der Waals surface area contributed by atoms with Gasteiger partial charge in [0.05, 0.1) is 4.90 Å². The maximum Gasteiger partial charge on any atom is 0.240 e. The summed E-state index contributed by atoms with van der Waals surface area (Å²) in [5, 5.41) is 6.36. The zero-order valence-corrected chi connectivity index (χ0v) is 11.0. The minimum atomic E-state index is -3.49. The molecule has 0 saturated carbocycles. The van der Waals surface area contributed by atoms with Gasteiger partial charge in [0.15, 0.2) is 0 Å². The molecule has 0 spiro atoms. The molecule has 8 heteroatoms. The fourth-order valence-electron chi connectivity index (χ4n) is 1.54. The number of nitrogens with zero attached hydrogens (tertiary/aromatic N) is 2. The number of nitrogens with two attached hydrogens (primary N) is 1. The monoisotopic (exact) mass is 281 g/mol. The average molecular weight is 281 g/mol. The molecular formula is C11H15N5O2S. The van der Waals surface area contributed by atoms with Gasteiger partial charge in [-0.15, -0.1) is 0 Å². The first-order valence-corrected chi connectivity index (χ1v) is 7.23. The van der Waals surface area contributed by atoms with E-state index in [1.54, 1.807) is 24.3 Å². The molecule has 0 aliphatic rings. The number of sulfonamides is 1. The van der Waals surface area contributed by atoms with Crippen molar-refractivity contribution in [3.05, 3.63) is 42.0 Å². The quantitative estimate of drug-likeness (QED) is 0.677. The molecule has 0 fully saturated rings. The molecule has 102 valence electrons. The summed E-state index contributed by atoms with van der Waals surface area (Å²) in [6, 6.07) is 6.48. The predicted octanol–water partition coefficient (Wildman–Crippen LogP) is -0.216. The topological polar surface area (TPSA) is 114 Å². The molecule has 2 aromatic rings. The van der Waals surface area contributed by atoms with Crippen molar-refractivity contribution in [2.45, 2.75) is 17.9 Å². The highest BCUT2D eigenvalue weighted by Crippen LogP contribution is 2.10. The van der Waals surface area contributed by atoms with E-state index >= 15 is 0 Å². The third-order valence-electron chi connectivity index (χ3n) is 2.59. The maximum absolute atomic E-state index is 12.0. The van der Waals surface area contributed by atoms with Gasteiger partial charge in [-0.05, 0) is 17.7 Å². The Kier molecular flexibility index (Phi) is 4.25. The van der Waals surface area contributed by atoms with Gasteiger partial charge in [0.25, 0.3) is 0 Å². The summed E-state index contributed by atoms with van der Waals surface area (Å²) in [6.45, 7) is 0.648. The summed E-state index contributed by atoms with van der Waals surface area (Å²) in [7, 11) is -3.49. The minimum Gasteiger partial charge on any atom is -0.326 e. The van der Waals surface area contributed by atoms with Crippen LogP contribution in [0.5, 0.6) is 0 Å². The van der Waals surface area contributed by atoms with E-state index in [-0.39, 0.29) is 11.4 Å².